The molecule has 0 aliphatic carbocycles. The molecule has 0 spiro atoms. The SMILES string of the molecule is CSc1cncc(N2CCCC(C(=O)O)C2)n1. The molecule has 0 radical (unpaired) electrons. The minimum atomic E-state index is -0.719. The van der Waals surface area contributed by atoms with Gasteiger partial charge < -0.3 is 10.0 Å². The van der Waals surface area contributed by atoms with Gasteiger partial charge in [-0.25, -0.2) is 4.98 Å². The summed E-state index contributed by atoms with van der Waals surface area (Å²) in [5.74, 6) is -0.227. The summed E-state index contributed by atoms with van der Waals surface area (Å²) in [6, 6.07) is 0. The highest BCUT2D eigenvalue weighted by atomic mass is 32.2. The lowest BCUT2D eigenvalue weighted by Gasteiger charge is -2.31. The van der Waals surface area contributed by atoms with E-state index < -0.39 is 5.97 Å². The summed E-state index contributed by atoms with van der Waals surface area (Å²) in [5, 5.41) is 9.90. The van der Waals surface area contributed by atoms with Crippen molar-refractivity contribution in [3.05, 3.63) is 12.4 Å². The van der Waals surface area contributed by atoms with Gasteiger partial charge in [0.1, 0.15) is 10.8 Å². The molecule has 1 fully saturated rings. The highest BCUT2D eigenvalue weighted by molar-refractivity contribution is 7.98. The van der Waals surface area contributed by atoms with E-state index in [1.807, 2.05) is 11.2 Å². The lowest BCUT2D eigenvalue weighted by atomic mass is 9.98. The molecule has 92 valence electrons. The van der Waals surface area contributed by atoms with Crippen molar-refractivity contribution >= 4 is 23.5 Å². The second kappa shape index (κ2) is 5.35. The van der Waals surface area contributed by atoms with Crippen molar-refractivity contribution < 1.29 is 9.90 Å². The van der Waals surface area contributed by atoms with Crippen LogP contribution in [0.2, 0.25) is 0 Å². The number of thioether (sulfide) groups is 1. The number of carbonyl (C=O) groups is 1. The highest BCUT2D eigenvalue weighted by Crippen LogP contribution is 2.22. The van der Waals surface area contributed by atoms with Crippen molar-refractivity contribution in [2.45, 2.75) is 17.9 Å². The maximum Gasteiger partial charge on any atom is 0.308 e. The predicted molar refractivity (Wildman–Crippen MR) is 66.4 cm³/mol. The summed E-state index contributed by atoms with van der Waals surface area (Å²) in [4.78, 5) is 21.6. The van der Waals surface area contributed by atoms with Gasteiger partial charge in [-0.15, -0.1) is 11.8 Å². The van der Waals surface area contributed by atoms with Crippen LogP contribution in [0.4, 0.5) is 5.82 Å². The Labute approximate surface area is 104 Å². The number of carboxylic acid groups (broad SMARTS) is 1. The first kappa shape index (κ1) is 12.2. The molecule has 1 unspecified atom stereocenters. The second-order valence-corrected chi connectivity index (χ2v) is 4.87. The van der Waals surface area contributed by atoms with Gasteiger partial charge in [0.2, 0.25) is 0 Å². The van der Waals surface area contributed by atoms with Gasteiger partial charge in [-0.05, 0) is 19.1 Å². The third-order valence-electron chi connectivity index (χ3n) is 2.90. The van der Waals surface area contributed by atoms with E-state index in [1.54, 1.807) is 12.4 Å². The number of rotatable bonds is 3. The number of piperidine rings is 1. The summed E-state index contributed by atoms with van der Waals surface area (Å²) in [5.41, 5.74) is 0. The molecule has 1 aromatic heterocycles. The molecule has 0 bridgehead atoms. The Hall–Kier alpha value is -1.30. The molecule has 1 atom stereocenters. The zero-order valence-electron chi connectivity index (χ0n) is 9.67. The van der Waals surface area contributed by atoms with Gasteiger partial charge in [0.15, 0.2) is 0 Å². The zero-order chi connectivity index (χ0) is 12.3. The molecule has 6 heteroatoms. The van der Waals surface area contributed by atoms with Crippen LogP contribution in [0.5, 0.6) is 0 Å². The molecule has 17 heavy (non-hydrogen) atoms. The summed E-state index contributed by atoms with van der Waals surface area (Å²) in [7, 11) is 0. The fraction of sp³-hybridized carbons (Fsp3) is 0.545. The minimum Gasteiger partial charge on any atom is -0.481 e. The van der Waals surface area contributed by atoms with Crippen LogP contribution in [0.3, 0.4) is 0 Å². The highest BCUT2D eigenvalue weighted by Gasteiger charge is 2.26. The average Bonchev–Trinajstić information content (AvgIpc) is 2.39. The van der Waals surface area contributed by atoms with Crippen LogP contribution in [0.15, 0.2) is 17.4 Å². The molecule has 2 rings (SSSR count). The van der Waals surface area contributed by atoms with Crippen LogP contribution in [0.1, 0.15) is 12.8 Å². The topological polar surface area (TPSA) is 66.3 Å². The molecule has 1 aromatic rings. The van der Waals surface area contributed by atoms with E-state index in [9.17, 15) is 4.79 Å². The smallest absolute Gasteiger partial charge is 0.308 e. The van der Waals surface area contributed by atoms with E-state index in [-0.39, 0.29) is 5.92 Å². The Bertz CT molecular complexity index is 413. The van der Waals surface area contributed by atoms with Crippen LogP contribution in [0.25, 0.3) is 0 Å². The second-order valence-electron chi connectivity index (χ2n) is 4.04. The lowest BCUT2D eigenvalue weighted by molar-refractivity contribution is -0.141. The van der Waals surface area contributed by atoms with Gasteiger partial charge >= 0.3 is 5.97 Å². The van der Waals surface area contributed by atoms with E-state index in [1.165, 1.54) is 11.8 Å². The number of anilines is 1. The van der Waals surface area contributed by atoms with E-state index in [4.69, 9.17) is 5.11 Å². The van der Waals surface area contributed by atoms with Gasteiger partial charge in [0.05, 0.1) is 18.3 Å². The Morgan fingerprint density at radius 3 is 3.12 bits per heavy atom. The molecule has 2 heterocycles. The molecule has 0 amide bonds. The first-order valence-electron chi connectivity index (χ1n) is 5.54. The van der Waals surface area contributed by atoms with Gasteiger partial charge in [-0.3, -0.25) is 9.78 Å². The molecule has 0 aromatic carbocycles. The maximum absolute atomic E-state index is 11.0. The summed E-state index contributed by atoms with van der Waals surface area (Å²) in [6.45, 7) is 1.39. The molecule has 0 saturated carbocycles. The molecule has 5 nitrogen and oxygen atoms in total. The normalized spacial score (nSPS) is 20.3. The quantitative estimate of drug-likeness (QED) is 0.823. The van der Waals surface area contributed by atoms with E-state index in [0.717, 1.165) is 30.2 Å². The van der Waals surface area contributed by atoms with Crippen molar-refractivity contribution in [3.8, 4) is 0 Å². The van der Waals surface area contributed by atoms with Crippen LogP contribution < -0.4 is 4.90 Å². The van der Waals surface area contributed by atoms with E-state index in [0.29, 0.717) is 6.54 Å². The lowest BCUT2D eigenvalue weighted by Crippen LogP contribution is -2.39. The Kier molecular flexibility index (Phi) is 3.83. The van der Waals surface area contributed by atoms with Crippen LogP contribution in [-0.2, 0) is 4.79 Å². The van der Waals surface area contributed by atoms with Crippen molar-refractivity contribution in [2.24, 2.45) is 5.92 Å². The summed E-state index contributed by atoms with van der Waals surface area (Å²) < 4.78 is 0. The van der Waals surface area contributed by atoms with Crippen LogP contribution in [-0.4, -0.2) is 40.4 Å². The molecular formula is C11H15N3O2S. The van der Waals surface area contributed by atoms with Gasteiger partial charge in [-0.2, -0.15) is 0 Å². The van der Waals surface area contributed by atoms with Crippen molar-refractivity contribution in [1.29, 1.82) is 0 Å². The third-order valence-corrected chi connectivity index (χ3v) is 3.52. The van der Waals surface area contributed by atoms with E-state index in [2.05, 4.69) is 9.97 Å². The largest absolute Gasteiger partial charge is 0.481 e. The Morgan fingerprint density at radius 2 is 2.41 bits per heavy atom. The molecule has 1 saturated heterocycles. The third kappa shape index (κ3) is 2.88. The van der Waals surface area contributed by atoms with Crippen molar-refractivity contribution in [3.63, 3.8) is 0 Å². The first-order valence-corrected chi connectivity index (χ1v) is 6.77. The zero-order valence-corrected chi connectivity index (χ0v) is 10.5. The summed E-state index contributed by atoms with van der Waals surface area (Å²) >= 11 is 1.54. The first-order chi connectivity index (χ1) is 8.20. The fourth-order valence-electron chi connectivity index (χ4n) is 1.98. The molecule has 1 aliphatic rings. The predicted octanol–water partition coefficient (Wildman–Crippen LogP) is 1.50. The van der Waals surface area contributed by atoms with Crippen LogP contribution in [0, 0.1) is 5.92 Å². The Morgan fingerprint density at radius 1 is 1.59 bits per heavy atom. The molecule has 1 N–H and O–H groups in total. The minimum absolute atomic E-state index is 0.288. The average molecular weight is 253 g/mol. The standard InChI is InChI=1S/C11H15N3O2S/c1-17-10-6-12-5-9(13-10)14-4-2-3-8(7-14)11(15)16/h5-6,8H,2-4,7H2,1H3,(H,15,16). The Balaban J connectivity index is 2.13. The molecular weight excluding hydrogens is 238 g/mol. The number of nitrogens with zero attached hydrogens (tertiary/aromatic N) is 3. The van der Waals surface area contributed by atoms with Crippen molar-refractivity contribution in [2.75, 3.05) is 24.2 Å². The molecule has 1 aliphatic heterocycles. The number of hydrogen-bond acceptors (Lipinski definition) is 5. The number of aromatic nitrogens is 2. The number of hydrogen-bond donors (Lipinski definition) is 1. The maximum atomic E-state index is 11.0. The van der Waals surface area contributed by atoms with Gasteiger partial charge in [0.25, 0.3) is 0 Å². The van der Waals surface area contributed by atoms with Crippen molar-refractivity contribution in [1.82, 2.24) is 9.97 Å². The number of aliphatic carboxylic acids is 1. The van der Waals surface area contributed by atoms with Crippen LogP contribution >= 0.6 is 11.8 Å². The van der Waals surface area contributed by atoms with Gasteiger partial charge in [0, 0.05) is 13.1 Å². The fourth-order valence-corrected chi connectivity index (χ4v) is 2.33. The number of carboxylic acids is 1. The van der Waals surface area contributed by atoms with Gasteiger partial charge in [-0.1, -0.05) is 0 Å². The summed E-state index contributed by atoms with van der Waals surface area (Å²) in [6.07, 6.45) is 7.00. The monoisotopic (exact) mass is 253 g/mol. The van der Waals surface area contributed by atoms with E-state index >= 15 is 0 Å².